The topological polar surface area (TPSA) is 15.6 Å². The molecule has 0 N–H and O–H groups in total. The van der Waals surface area contributed by atoms with Crippen molar-refractivity contribution in [3.8, 4) is 0 Å². The highest BCUT2D eigenvalue weighted by Crippen LogP contribution is 2.21. The number of amidine groups is 1. The Hall–Kier alpha value is -0.180. The molecule has 0 amide bonds. The molecule has 2 aliphatic heterocycles. The van der Waals surface area contributed by atoms with Crippen LogP contribution >= 0.6 is 11.8 Å². The maximum absolute atomic E-state index is 4.41. The SMILES string of the molecule is CC1CN2CCN=C2CS1. The molecule has 10 heavy (non-hydrogen) atoms. The van der Waals surface area contributed by atoms with Crippen LogP contribution in [0.15, 0.2) is 4.99 Å². The fraction of sp³-hybridized carbons (Fsp3) is 0.857. The van der Waals surface area contributed by atoms with Gasteiger partial charge in [0.2, 0.25) is 0 Å². The monoisotopic (exact) mass is 156 g/mol. The molecule has 2 aliphatic rings. The summed E-state index contributed by atoms with van der Waals surface area (Å²) in [5, 5.41) is 0.803. The van der Waals surface area contributed by atoms with Gasteiger partial charge >= 0.3 is 0 Å². The summed E-state index contributed by atoms with van der Waals surface area (Å²) in [6.45, 7) is 5.70. The number of thioether (sulfide) groups is 1. The molecule has 2 rings (SSSR count). The van der Waals surface area contributed by atoms with Gasteiger partial charge in [0.05, 0.1) is 12.3 Å². The van der Waals surface area contributed by atoms with E-state index in [1.165, 1.54) is 18.9 Å². The lowest BCUT2D eigenvalue weighted by atomic mass is 10.4. The van der Waals surface area contributed by atoms with Crippen molar-refractivity contribution in [2.75, 3.05) is 25.4 Å². The van der Waals surface area contributed by atoms with E-state index < -0.39 is 0 Å². The summed E-state index contributed by atoms with van der Waals surface area (Å²) in [5.74, 6) is 2.48. The first-order chi connectivity index (χ1) is 4.86. The predicted molar refractivity (Wildman–Crippen MR) is 45.8 cm³/mol. The van der Waals surface area contributed by atoms with E-state index in [4.69, 9.17) is 0 Å². The van der Waals surface area contributed by atoms with Crippen LogP contribution in [0.25, 0.3) is 0 Å². The molecule has 0 aliphatic carbocycles. The standard InChI is InChI=1S/C7H12N2S/c1-6-4-9-3-2-8-7(9)5-10-6/h6H,2-5H2,1H3. The lowest BCUT2D eigenvalue weighted by Crippen LogP contribution is -2.38. The Morgan fingerprint density at radius 1 is 1.70 bits per heavy atom. The molecule has 2 nitrogen and oxygen atoms in total. The zero-order valence-electron chi connectivity index (χ0n) is 6.21. The van der Waals surface area contributed by atoms with Gasteiger partial charge in [0.15, 0.2) is 0 Å². The third kappa shape index (κ3) is 1.03. The van der Waals surface area contributed by atoms with Gasteiger partial charge in [-0.1, -0.05) is 6.92 Å². The average Bonchev–Trinajstić information content (AvgIpc) is 2.33. The van der Waals surface area contributed by atoms with E-state index in [0.717, 1.165) is 17.5 Å². The van der Waals surface area contributed by atoms with Gasteiger partial charge in [-0.3, -0.25) is 4.99 Å². The minimum absolute atomic E-state index is 0.803. The fourth-order valence-electron chi connectivity index (χ4n) is 1.44. The molecule has 0 aromatic heterocycles. The van der Waals surface area contributed by atoms with E-state index in [1.807, 2.05) is 11.8 Å². The first kappa shape index (κ1) is 6.53. The van der Waals surface area contributed by atoms with Crippen LogP contribution in [0.1, 0.15) is 6.92 Å². The number of aliphatic imine (C=N–C) groups is 1. The molecule has 0 radical (unpaired) electrons. The van der Waals surface area contributed by atoms with Crippen molar-refractivity contribution in [3.05, 3.63) is 0 Å². The van der Waals surface area contributed by atoms with Crippen molar-refractivity contribution in [3.63, 3.8) is 0 Å². The molecule has 0 aromatic carbocycles. The Kier molecular flexibility index (Phi) is 1.60. The molecule has 56 valence electrons. The van der Waals surface area contributed by atoms with Gasteiger partial charge in [0, 0.05) is 18.3 Å². The highest BCUT2D eigenvalue weighted by Gasteiger charge is 2.23. The number of hydrogen-bond donors (Lipinski definition) is 0. The van der Waals surface area contributed by atoms with Crippen molar-refractivity contribution < 1.29 is 0 Å². The normalized spacial score (nSPS) is 31.9. The van der Waals surface area contributed by atoms with Crippen LogP contribution in [0.2, 0.25) is 0 Å². The first-order valence-corrected chi connectivity index (χ1v) is 4.81. The van der Waals surface area contributed by atoms with Crippen molar-refractivity contribution in [1.29, 1.82) is 0 Å². The highest BCUT2D eigenvalue weighted by molar-refractivity contribution is 8.00. The summed E-state index contributed by atoms with van der Waals surface area (Å²) in [5.41, 5.74) is 0. The van der Waals surface area contributed by atoms with E-state index in [9.17, 15) is 0 Å². The second-order valence-corrected chi connectivity index (χ2v) is 4.29. The molecule has 0 bridgehead atoms. The molecule has 3 heteroatoms. The summed E-state index contributed by atoms with van der Waals surface area (Å²) in [4.78, 5) is 6.83. The van der Waals surface area contributed by atoms with E-state index in [1.54, 1.807) is 0 Å². The number of hydrogen-bond acceptors (Lipinski definition) is 3. The molecule has 0 saturated carbocycles. The summed E-state index contributed by atoms with van der Waals surface area (Å²) >= 11 is 2.02. The molecule has 1 unspecified atom stereocenters. The van der Waals surface area contributed by atoms with Gasteiger partial charge in [-0.15, -0.1) is 11.8 Å². The zero-order chi connectivity index (χ0) is 6.97. The second kappa shape index (κ2) is 2.46. The Morgan fingerprint density at radius 3 is 3.50 bits per heavy atom. The van der Waals surface area contributed by atoms with Crippen LogP contribution in [-0.4, -0.2) is 41.4 Å². The third-order valence-electron chi connectivity index (χ3n) is 2.00. The smallest absolute Gasteiger partial charge is 0.109 e. The van der Waals surface area contributed by atoms with Crippen LogP contribution < -0.4 is 0 Å². The van der Waals surface area contributed by atoms with Crippen LogP contribution in [0, 0.1) is 0 Å². The molecule has 1 atom stereocenters. The summed E-state index contributed by atoms with van der Waals surface area (Å²) in [6, 6.07) is 0. The minimum atomic E-state index is 0.803. The molecule has 2 heterocycles. The van der Waals surface area contributed by atoms with Crippen LogP contribution in [-0.2, 0) is 0 Å². The van der Waals surface area contributed by atoms with Crippen LogP contribution in [0.4, 0.5) is 0 Å². The Morgan fingerprint density at radius 2 is 2.60 bits per heavy atom. The lowest BCUT2D eigenvalue weighted by Gasteiger charge is -2.29. The Bertz CT molecular complexity index is 167. The lowest BCUT2D eigenvalue weighted by molar-refractivity contribution is 0.454. The van der Waals surface area contributed by atoms with Crippen LogP contribution in [0.5, 0.6) is 0 Å². The molecular weight excluding hydrogens is 144 g/mol. The van der Waals surface area contributed by atoms with Crippen molar-refractivity contribution in [2.24, 2.45) is 4.99 Å². The van der Waals surface area contributed by atoms with E-state index in [0.29, 0.717) is 0 Å². The Labute approximate surface area is 65.7 Å². The summed E-state index contributed by atoms with van der Waals surface area (Å²) in [6.07, 6.45) is 0. The minimum Gasteiger partial charge on any atom is -0.357 e. The van der Waals surface area contributed by atoms with Gasteiger partial charge in [-0.25, -0.2) is 0 Å². The van der Waals surface area contributed by atoms with Gasteiger partial charge in [0.25, 0.3) is 0 Å². The Balaban J connectivity index is 2.06. The van der Waals surface area contributed by atoms with Gasteiger partial charge in [-0.2, -0.15) is 0 Å². The molecule has 0 aromatic rings. The summed E-state index contributed by atoms with van der Waals surface area (Å²) in [7, 11) is 0. The number of rotatable bonds is 0. The first-order valence-electron chi connectivity index (χ1n) is 3.76. The highest BCUT2D eigenvalue weighted by atomic mass is 32.2. The van der Waals surface area contributed by atoms with Gasteiger partial charge in [-0.05, 0) is 0 Å². The molecule has 0 spiro atoms. The molecular formula is C7H12N2S. The van der Waals surface area contributed by atoms with Crippen molar-refractivity contribution in [1.82, 2.24) is 4.90 Å². The largest absolute Gasteiger partial charge is 0.357 e. The fourth-order valence-corrected chi connectivity index (χ4v) is 2.44. The number of nitrogens with zero attached hydrogens (tertiary/aromatic N) is 2. The molecule has 1 fully saturated rings. The quantitative estimate of drug-likeness (QED) is 0.516. The average molecular weight is 156 g/mol. The maximum atomic E-state index is 4.41. The van der Waals surface area contributed by atoms with E-state index >= 15 is 0 Å². The second-order valence-electron chi connectivity index (χ2n) is 2.87. The predicted octanol–water partition coefficient (Wildman–Crippen LogP) is 0.836. The van der Waals surface area contributed by atoms with Crippen molar-refractivity contribution >= 4 is 17.6 Å². The summed E-state index contributed by atoms with van der Waals surface area (Å²) < 4.78 is 0. The third-order valence-corrected chi connectivity index (χ3v) is 3.15. The van der Waals surface area contributed by atoms with E-state index in [2.05, 4.69) is 16.8 Å². The zero-order valence-corrected chi connectivity index (χ0v) is 7.02. The number of fused-ring (bicyclic) bond motifs is 1. The van der Waals surface area contributed by atoms with Gasteiger partial charge in [0.1, 0.15) is 5.84 Å². The van der Waals surface area contributed by atoms with E-state index in [-0.39, 0.29) is 0 Å². The van der Waals surface area contributed by atoms with Gasteiger partial charge < -0.3 is 4.90 Å². The molecule has 1 saturated heterocycles. The van der Waals surface area contributed by atoms with Crippen molar-refractivity contribution in [2.45, 2.75) is 12.2 Å². The van der Waals surface area contributed by atoms with Crippen LogP contribution in [0.3, 0.4) is 0 Å². The maximum Gasteiger partial charge on any atom is 0.109 e.